The molecule has 1 aliphatic carbocycles. The minimum atomic E-state index is -2.28. The van der Waals surface area contributed by atoms with E-state index in [0.717, 1.165) is 0 Å². The van der Waals surface area contributed by atoms with Crippen molar-refractivity contribution < 1.29 is 23.5 Å². The maximum Gasteiger partial charge on any atom is 0.317 e. The van der Waals surface area contributed by atoms with E-state index in [1.165, 1.54) is 4.90 Å². The van der Waals surface area contributed by atoms with Crippen molar-refractivity contribution in [1.82, 2.24) is 10.2 Å². The van der Waals surface area contributed by atoms with E-state index >= 15 is 0 Å². The van der Waals surface area contributed by atoms with Gasteiger partial charge in [0.15, 0.2) is 0 Å². The Morgan fingerprint density at radius 2 is 1.81 bits per heavy atom. The van der Waals surface area contributed by atoms with Crippen LogP contribution in [0.2, 0.25) is 0 Å². The zero-order chi connectivity index (χ0) is 15.4. The molecule has 0 aromatic rings. The van der Waals surface area contributed by atoms with Gasteiger partial charge in [-0.05, 0) is 38.5 Å². The number of carbonyl (C=O) groups is 2. The van der Waals surface area contributed by atoms with E-state index < -0.39 is 24.2 Å². The molecule has 0 radical (unpaired) electrons. The molecule has 2 amide bonds. The zero-order valence-electron chi connectivity index (χ0n) is 11.9. The summed E-state index contributed by atoms with van der Waals surface area (Å²) in [6.07, 6.45) is 0.996. The lowest BCUT2D eigenvalue weighted by Crippen LogP contribution is -2.50. The number of amides is 2. The SMILES string of the molecule is O=C(O)C1CCCN(C(=O)NC2CCC(C(F)F)CC2)C1. The number of alkyl halides is 2. The van der Waals surface area contributed by atoms with Crippen molar-refractivity contribution in [3.63, 3.8) is 0 Å². The standard InChI is InChI=1S/C14H22F2N2O3/c15-12(16)9-3-5-11(6-4-9)17-14(21)18-7-1-2-10(8-18)13(19)20/h9-12H,1-8H2,(H,17,21)(H,19,20). The molecule has 1 saturated carbocycles. The quantitative estimate of drug-likeness (QED) is 0.840. The lowest BCUT2D eigenvalue weighted by Gasteiger charge is -2.34. The van der Waals surface area contributed by atoms with E-state index in [1.54, 1.807) is 0 Å². The number of halogens is 2. The Labute approximate surface area is 122 Å². The molecule has 2 fully saturated rings. The molecule has 0 aromatic heterocycles. The molecule has 2 N–H and O–H groups in total. The second-order valence-electron chi connectivity index (χ2n) is 6.02. The third-order valence-electron chi connectivity index (χ3n) is 4.51. The molecular weight excluding hydrogens is 282 g/mol. The molecule has 5 nitrogen and oxygen atoms in total. The molecule has 1 saturated heterocycles. The Bertz CT molecular complexity index is 384. The first-order valence-corrected chi connectivity index (χ1v) is 7.53. The van der Waals surface area contributed by atoms with Crippen LogP contribution in [0, 0.1) is 11.8 Å². The second kappa shape index (κ2) is 7.04. The van der Waals surface area contributed by atoms with Gasteiger partial charge in [-0.2, -0.15) is 0 Å². The highest BCUT2D eigenvalue weighted by atomic mass is 19.3. The first-order chi connectivity index (χ1) is 9.97. The van der Waals surface area contributed by atoms with Gasteiger partial charge >= 0.3 is 12.0 Å². The average Bonchev–Trinajstić information content (AvgIpc) is 2.48. The fourth-order valence-corrected chi connectivity index (χ4v) is 3.14. The van der Waals surface area contributed by atoms with E-state index in [2.05, 4.69) is 5.32 Å². The van der Waals surface area contributed by atoms with Crippen LogP contribution in [0.25, 0.3) is 0 Å². The Kier molecular flexibility index (Phi) is 5.36. The van der Waals surface area contributed by atoms with E-state index in [9.17, 15) is 18.4 Å². The maximum absolute atomic E-state index is 12.6. The maximum atomic E-state index is 12.6. The fourth-order valence-electron chi connectivity index (χ4n) is 3.14. The van der Waals surface area contributed by atoms with Crippen molar-refractivity contribution >= 4 is 12.0 Å². The third kappa shape index (κ3) is 4.28. The van der Waals surface area contributed by atoms with Crippen molar-refractivity contribution in [1.29, 1.82) is 0 Å². The minimum absolute atomic E-state index is 0.0716. The summed E-state index contributed by atoms with van der Waals surface area (Å²) in [5, 5.41) is 11.9. The van der Waals surface area contributed by atoms with Gasteiger partial charge in [0.2, 0.25) is 6.43 Å². The molecule has 1 atom stereocenters. The fraction of sp³-hybridized carbons (Fsp3) is 0.857. The van der Waals surface area contributed by atoms with Crippen molar-refractivity contribution in [2.45, 2.75) is 51.0 Å². The van der Waals surface area contributed by atoms with Gasteiger partial charge in [-0.25, -0.2) is 13.6 Å². The number of carbonyl (C=O) groups excluding carboxylic acids is 1. The van der Waals surface area contributed by atoms with Crippen LogP contribution in [0.15, 0.2) is 0 Å². The highest BCUT2D eigenvalue weighted by Gasteiger charge is 2.31. The summed E-state index contributed by atoms with van der Waals surface area (Å²) in [6.45, 7) is 0.787. The van der Waals surface area contributed by atoms with Gasteiger partial charge < -0.3 is 15.3 Å². The molecule has 0 aromatic carbocycles. The number of carboxylic acids is 1. The van der Waals surface area contributed by atoms with Crippen LogP contribution in [0.4, 0.5) is 13.6 Å². The Morgan fingerprint density at radius 1 is 1.14 bits per heavy atom. The summed E-state index contributed by atoms with van der Waals surface area (Å²) in [7, 11) is 0. The largest absolute Gasteiger partial charge is 0.481 e. The second-order valence-corrected chi connectivity index (χ2v) is 6.02. The summed E-state index contributed by atoms with van der Waals surface area (Å²) in [5.41, 5.74) is 0. The number of aliphatic carboxylic acids is 1. The van der Waals surface area contributed by atoms with Crippen molar-refractivity contribution in [3.8, 4) is 0 Å². The van der Waals surface area contributed by atoms with E-state index in [0.29, 0.717) is 45.1 Å². The number of urea groups is 1. The summed E-state index contributed by atoms with van der Waals surface area (Å²) in [4.78, 5) is 24.6. The summed E-state index contributed by atoms with van der Waals surface area (Å²) < 4.78 is 25.1. The number of likely N-dealkylation sites (tertiary alicyclic amines) is 1. The molecule has 21 heavy (non-hydrogen) atoms. The number of nitrogens with one attached hydrogen (secondary N) is 1. The number of rotatable bonds is 3. The van der Waals surface area contributed by atoms with Gasteiger partial charge in [0, 0.05) is 25.0 Å². The van der Waals surface area contributed by atoms with Crippen molar-refractivity contribution in [3.05, 3.63) is 0 Å². The molecule has 1 aliphatic heterocycles. The summed E-state index contributed by atoms with van der Waals surface area (Å²) in [5.74, 6) is -1.92. The van der Waals surface area contributed by atoms with Gasteiger partial charge in [-0.3, -0.25) is 4.79 Å². The predicted octanol–water partition coefficient (Wildman–Crippen LogP) is 2.32. The minimum Gasteiger partial charge on any atom is -0.481 e. The predicted molar refractivity (Wildman–Crippen MR) is 72.2 cm³/mol. The molecule has 0 spiro atoms. The Morgan fingerprint density at radius 3 is 2.38 bits per heavy atom. The zero-order valence-corrected chi connectivity index (χ0v) is 11.9. The van der Waals surface area contributed by atoms with Gasteiger partial charge in [0.05, 0.1) is 5.92 Å². The number of piperidine rings is 1. The van der Waals surface area contributed by atoms with Crippen LogP contribution in [0.5, 0.6) is 0 Å². The number of hydrogen-bond donors (Lipinski definition) is 2. The van der Waals surface area contributed by atoms with Crippen LogP contribution in [-0.2, 0) is 4.79 Å². The molecule has 1 heterocycles. The monoisotopic (exact) mass is 304 g/mol. The normalized spacial score (nSPS) is 30.2. The van der Waals surface area contributed by atoms with Crippen LogP contribution in [0.1, 0.15) is 38.5 Å². The van der Waals surface area contributed by atoms with E-state index in [1.807, 2.05) is 0 Å². The molecular formula is C14H22F2N2O3. The number of nitrogens with zero attached hydrogens (tertiary/aromatic N) is 1. The van der Waals surface area contributed by atoms with Crippen LogP contribution in [-0.4, -0.2) is 47.6 Å². The summed E-state index contributed by atoms with van der Waals surface area (Å²) >= 11 is 0. The van der Waals surface area contributed by atoms with Crippen LogP contribution >= 0.6 is 0 Å². The van der Waals surface area contributed by atoms with Gasteiger partial charge in [0.25, 0.3) is 0 Å². The highest BCUT2D eigenvalue weighted by Crippen LogP contribution is 2.29. The highest BCUT2D eigenvalue weighted by molar-refractivity contribution is 5.76. The smallest absolute Gasteiger partial charge is 0.317 e. The lowest BCUT2D eigenvalue weighted by atomic mass is 9.86. The van der Waals surface area contributed by atoms with Gasteiger partial charge in [0.1, 0.15) is 0 Å². The first kappa shape index (κ1) is 16.0. The van der Waals surface area contributed by atoms with Crippen LogP contribution < -0.4 is 5.32 Å². The van der Waals surface area contributed by atoms with Crippen molar-refractivity contribution in [2.75, 3.05) is 13.1 Å². The molecule has 2 aliphatic rings. The summed E-state index contributed by atoms with van der Waals surface area (Å²) in [6, 6.07) is -0.334. The van der Waals surface area contributed by atoms with Gasteiger partial charge in [-0.1, -0.05) is 0 Å². The Balaban J connectivity index is 1.78. The van der Waals surface area contributed by atoms with Crippen molar-refractivity contribution in [2.24, 2.45) is 11.8 Å². The molecule has 0 bridgehead atoms. The molecule has 2 rings (SSSR count). The van der Waals surface area contributed by atoms with Crippen LogP contribution in [0.3, 0.4) is 0 Å². The number of hydrogen-bond acceptors (Lipinski definition) is 2. The van der Waals surface area contributed by atoms with Gasteiger partial charge in [-0.15, -0.1) is 0 Å². The lowest BCUT2D eigenvalue weighted by molar-refractivity contribution is -0.143. The molecule has 120 valence electrons. The number of carboxylic acid groups (broad SMARTS) is 1. The average molecular weight is 304 g/mol. The molecule has 1 unspecified atom stereocenters. The first-order valence-electron chi connectivity index (χ1n) is 7.53. The third-order valence-corrected chi connectivity index (χ3v) is 4.51. The topological polar surface area (TPSA) is 69.6 Å². The molecule has 7 heteroatoms. The Hall–Kier alpha value is -1.40. The van der Waals surface area contributed by atoms with E-state index in [-0.39, 0.29) is 18.6 Å². The van der Waals surface area contributed by atoms with E-state index in [4.69, 9.17) is 5.11 Å².